The highest BCUT2D eigenvalue weighted by Crippen LogP contribution is 2.25. The van der Waals surface area contributed by atoms with E-state index in [4.69, 9.17) is 9.47 Å². The first-order valence-corrected chi connectivity index (χ1v) is 12.2. The van der Waals surface area contributed by atoms with Gasteiger partial charge >= 0.3 is 0 Å². The van der Waals surface area contributed by atoms with E-state index in [1.54, 1.807) is 7.11 Å². The summed E-state index contributed by atoms with van der Waals surface area (Å²) >= 11 is 0. The van der Waals surface area contributed by atoms with E-state index in [0.29, 0.717) is 13.1 Å². The maximum atomic E-state index is 12.1. The number of likely N-dealkylation sites (N-methyl/N-ethyl adjacent to an activating group) is 1. The van der Waals surface area contributed by atoms with E-state index in [1.165, 1.54) is 11.1 Å². The molecule has 4 rings (SSSR count). The van der Waals surface area contributed by atoms with E-state index in [0.717, 1.165) is 63.5 Å². The van der Waals surface area contributed by atoms with Gasteiger partial charge in [0.15, 0.2) is 6.61 Å². The first-order valence-electron chi connectivity index (χ1n) is 12.2. The molecule has 0 unspecified atom stereocenters. The van der Waals surface area contributed by atoms with Gasteiger partial charge in [-0.05, 0) is 61.7 Å². The minimum absolute atomic E-state index is 0.0647. The molecule has 0 saturated carbocycles. The smallest absolute Gasteiger partial charge is 0.260 e. The van der Waals surface area contributed by atoms with Crippen molar-refractivity contribution in [1.82, 2.24) is 14.7 Å². The molecule has 2 aromatic rings. The van der Waals surface area contributed by atoms with Gasteiger partial charge in [0.2, 0.25) is 0 Å². The Balaban J connectivity index is 1.21. The molecule has 2 aliphatic rings. The van der Waals surface area contributed by atoms with Gasteiger partial charge in [-0.2, -0.15) is 0 Å². The summed E-state index contributed by atoms with van der Waals surface area (Å²) in [5.41, 5.74) is 1.67. The molecule has 2 fully saturated rings. The van der Waals surface area contributed by atoms with Gasteiger partial charge in [-0.1, -0.05) is 24.3 Å². The van der Waals surface area contributed by atoms with Crippen molar-refractivity contribution in [3.05, 3.63) is 59.7 Å². The molecule has 1 atom stereocenters. The number of aliphatic hydroxyl groups is 1. The summed E-state index contributed by atoms with van der Waals surface area (Å²) in [6.07, 6.45) is 2.94. The van der Waals surface area contributed by atoms with Gasteiger partial charge in [-0.3, -0.25) is 14.6 Å². The van der Waals surface area contributed by atoms with Crippen LogP contribution in [0.1, 0.15) is 30.4 Å². The Kier molecular flexibility index (Phi) is 8.08. The second kappa shape index (κ2) is 11.2. The number of benzene rings is 2. The molecule has 0 aromatic heterocycles. The number of carbonyl (C=O) groups excluding carboxylic acids is 1. The van der Waals surface area contributed by atoms with Crippen LogP contribution in [0.25, 0.3) is 0 Å². The molecular weight excluding hydrogens is 430 g/mol. The van der Waals surface area contributed by atoms with Crippen LogP contribution in [-0.2, 0) is 17.9 Å². The third-order valence-corrected chi connectivity index (χ3v) is 6.74. The zero-order valence-corrected chi connectivity index (χ0v) is 20.4. The quantitative estimate of drug-likeness (QED) is 0.580. The SMILES string of the molecule is COc1ccc(CN(C)C[C@@]2(O)CCN(Cc3ccc(OCC(=O)N4CCCC4)cc3)C2)cc1. The fourth-order valence-corrected chi connectivity index (χ4v) is 4.96. The topological polar surface area (TPSA) is 65.5 Å². The van der Waals surface area contributed by atoms with Gasteiger partial charge in [-0.15, -0.1) is 0 Å². The van der Waals surface area contributed by atoms with E-state index in [-0.39, 0.29) is 12.5 Å². The molecule has 7 nitrogen and oxygen atoms in total. The summed E-state index contributed by atoms with van der Waals surface area (Å²) in [6.45, 7) is 5.53. The van der Waals surface area contributed by atoms with Crippen LogP contribution in [0.3, 0.4) is 0 Å². The molecular formula is C27H37N3O4. The summed E-state index contributed by atoms with van der Waals surface area (Å²) in [6, 6.07) is 16.0. The van der Waals surface area contributed by atoms with Crippen molar-refractivity contribution in [3.8, 4) is 11.5 Å². The van der Waals surface area contributed by atoms with Crippen LogP contribution in [0.4, 0.5) is 0 Å². The predicted molar refractivity (Wildman–Crippen MR) is 132 cm³/mol. The maximum absolute atomic E-state index is 12.1. The van der Waals surface area contributed by atoms with Crippen molar-refractivity contribution in [3.63, 3.8) is 0 Å². The van der Waals surface area contributed by atoms with Crippen molar-refractivity contribution in [2.45, 2.75) is 38.0 Å². The molecule has 7 heteroatoms. The van der Waals surface area contributed by atoms with E-state index in [1.807, 2.05) is 41.3 Å². The van der Waals surface area contributed by atoms with Crippen LogP contribution >= 0.6 is 0 Å². The fraction of sp³-hybridized carbons (Fsp3) is 0.519. The van der Waals surface area contributed by atoms with Crippen LogP contribution in [0.2, 0.25) is 0 Å². The number of ether oxygens (including phenoxy) is 2. The van der Waals surface area contributed by atoms with Crippen molar-refractivity contribution in [2.75, 3.05) is 53.5 Å². The summed E-state index contributed by atoms with van der Waals surface area (Å²) in [7, 11) is 3.72. The number of hydrogen-bond donors (Lipinski definition) is 1. The Morgan fingerprint density at radius 2 is 1.65 bits per heavy atom. The largest absolute Gasteiger partial charge is 0.497 e. The molecule has 0 bridgehead atoms. The second-order valence-corrected chi connectivity index (χ2v) is 9.73. The second-order valence-electron chi connectivity index (χ2n) is 9.73. The lowest BCUT2D eigenvalue weighted by molar-refractivity contribution is -0.132. The summed E-state index contributed by atoms with van der Waals surface area (Å²) in [4.78, 5) is 18.5. The predicted octanol–water partition coefficient (Wildman–Crippen LogP) is 2.77. The lowest BCUT2D eigenvalue weighted by atomic mass is 10.0. The zero-order valence-electron chi connectivity index (χ0n) is 20.4. The Labute approximate surface area is 202 Å². The number of nitrogens with zero attached hydrogens (tertiary/aromatic N) is 3. The van der Waals surface area contributed by atoms with Gasteiger partial charge in [0.05, 0.1) is 12.7 Å². The number of rotatable bonds is 10. The van der Waals surface area contributed by atoms with Crippen molar-refractivity contribution < 1.29 is 19.4 Å². The van der Waals surface area contributed by atoms with Crippen LogP contribution in [-0.4, -0.2) is 84.8 Å². The number of β-amino-alcohol motifs (C(OH)–C–C–N with tert-alkyl or cyclic N) is 1. The lowest BCUT2D eigenvalue weighted by Gasteiger charge is -2.29. The van der Waals surface area contributed by atoms with Crippen LogP contribution < -0.4 is 9.47 Å². The summed E-state index contributed by atoms with van der Waals surface area (Å²) in [5.74, 6) is 1.64. The molecule has 2 saturated heterocycles. The number of amides is 1. The highest BCUT2D eigenvalue weighted by atomic mass is 16.5. The average Bonchev–Trinajstić information content (AvgIpc) is 3.49. The Morgan fingerprint density at radius 1 is 1.00 bits per heavy atom. The fourth-order valence-electron chi connectivity index (χ4n) is 4.96. The van der Waals surface area contributed by atoms with E-state index < -0.39 is 5.60 Å². The first kappa shape index (κ1) is 24.5. The van der Waals surface area contributed by atoms with Gasteiger partial charge in [0.1, 0.15) is 11.5 Å². The molecule has 1 amide bonds. The molecule has 0 radical (unpaired) electrons. The number of carbonyl (C=O) groups is 1. The maximum Gasteiger partial charge on any atom is 0.260 e. The standard InChI is InChI=1S/C27H37N3O4/c1-28(17-22-5-9-24(33-2)10-6-22)20-27(32)13-16-29(21-27)18-23-7-11-25(12-8-23)34-19-26(31)30-14-3-4-15-30/h5-12,32H,3-4,13-21H2,1-2H3/t27-/m0/s1. The van der Waals surface area contributed by atoms with E-state index in [2.05, 4.69) is 29.0 Å². The van der Waals surface area contributed by atoms with Crippen LogP contribution in [0.15, 0.2) is 48.5 Å². The number of hydrogen-bond acceptors (Lipinski definition) is 6. The van der Waals surface area contributed by atoms with Crippen molar-refractivity contribution in [2.24, 2.45) is 0 Å². The Bertz CT molecular complexity index is 928. The molecule has 184 valence electrons. The molecule has 2 heterocycles. The molecule has 0 aliphatic carbocycles. The van der Waals surface area contributed by atoms with Crippen LogP contribution in [0.5, 0.6) is 11.5 Å². The van der Waals surface area contributed by atoms with E-state index >= 15 is 0 Å². The van der Waals surface area contributed by atoms with Crippen molar-refractivity contribution >= 4 is 5.91 Å². The summed E-state index contributed by atoms with van der Waals surface area (Å²) < 4.78 is 10.9. The van der Waals surface area contributed by atoms with E-state index in [9.17, 15) is 9.90 Å². The molecule has 0 spiro atoms. The zero-order chi connectivity index (χ0) is 24.0. The Hall–Kier alpha value is -2.61. The first-order chi connectivity index (χ1) is 16.4. The normalized spacial score (nSPS) is 20.8. The highest BCUT2D eigenvalue weighted by molar-refractivity contribution is 5.78. The highest BCUT2D eigenvalue weighted by Gasteiger charge is 2.36. The third-order valence-electron chi connectivity index (χ3n) is 6.74. The average molecular weight is 468 g/mol. The van der Waals surface area contributed by atoms with Crippen LogP contribution in [0, 0.1) is 0 Å². The Morgan fingerprint density at radius 3 is 2.32 bits per heavy atom. The monoisotopic (exact) mass is 467 g/mol. The third kappa shape index (κ3) is 6.72. The van der Waals surface area contributed by atoms with Gasteiger partial charge in [-0.25, -0.2) is 0 Å². The molecule has 2 aromatic carbocycles. The molecule has 1 N–H and O–H groups in total. The minimum atomic E-state index is -0.708. The molecule has 34 heavy (non-hydrogen) atoms. The lowest BCUT2D eigenvalue weighted by Crippen LogP contribution is -2.43. The summed E-state index contributed by atoms with van der Waals surface area (Å²) in [5, 5.41) is 11.2. The van der Waals surface area contributed by atoms with Gasteiger partial charge in [0, 0.05) is 45.8 Å². The van der Waals surface area contributed by atoms with Crippen molar-refractivity contribution in [1.29, 1.82) is 0 Å². The number of likely N-dealkylation sites (tertiary alicyclic amines) is 2. The number of methoxy groups -OCH3 is 1. The van der Waals surface area contributed by atoms with Gasteiger partial charge < -0.3 is 19.5 Å². The minimum Gasteiger partial charge on any atom is -0.497 e. The molecule has 2 aliphatic heterocycles. The van der Waals surface area contributed by atoms with Gasteiger partial charge in [0.25, 0.3) is 5.91 Å².